The van der Waals surface area contributed by atoms with Crippen LogP contribution in [0.2, 0.25) is 0 Å². The molecule has 0 radical (unpaired) electrons. The van der Waals surface area contributed by atoms with E-state index in [-0.39, 0.29) is 5.91 Å². The lowest BCUT2D eigenvalue weighted by molar-refractivity contribution is -0.115. The van der Waals surface area contributed by atoms with Crippen molar-refractivity contribution in [1.82, 2.24) is 4.90 Å². The Morgan fingerprint density at radius 3 is 2.41 bits per heavy atom. The Kier molecular flexibility index (Phi) is 7.13. The standard InChI is InChI=1S/C29H32N4O3S/c1-20-14-16-33(17-15-20)19-21-8-10-23(11-9-21)30-28(22-6-4-3-5-7-22)27-25-18-24(32-37(2,35)36)12-13-26(25)31-29(27)34/h3-13,18,20,27,32H,14-17,19H2,1-2H3,(H,31,34). The Bertz CT molecular complexity index is 1410. The van der Waals surface area contributed by atoms with Crippen molar-refractivity contribution in [3.63, 3.8) is 0 Å². The number of likely N-dealkylation sites (tertiary alicyclic amines) is 1. The Balaban J connectivity index is 1.47. The molecule has 192 valence electrons. The van der Waals surface area contributed by atoms with Crippen LogP contribution in [0.3, 0.4) is 0 Å². The number of nitrogens with one attached hydrogen (secondary N) is 2. The lowest BCUT2D eigenvalue weighted by atomic mass is 9.90. The molecule has 1 unspecified atom stereocenters. The molecule has 1 atom stereocenters. The van der Waals surface area contributed by atoms with Gasteiger partial charge in [-0.1, -0.05) is 49.4 Å². The molecule has 2 N–H and O–H groups in total. The van der Waals surface area contributed by atoms with Crippen molar-refractivity contribution >= 4 is 38.7 Å². The van der Waals surface area contributed by atoms with Crippen LogP contribution in [-0.4, -0.2) is 44.3 Å². The number of hydrogen-bond acceptors (Lipinski definition) is 5. The first kappa shape index (κ1) is 25.2. The molecule has 7 nitrogen and oxygen atoms in total. The van der Waals surface area contributed by atoms with Gasteiger partial charge in [-0.3, -0.25) is 19.4 Å². The fraction of sp³-hybridized carbons (Fsp3) is 0.310. The summed E-state index contributed by atoms with van der Waals surface area (Å²) in [7, 11) is -3.45. The fourth-order valence-corrected chi connectivity index (χ4v) is 5.56. The second-order valence-electron chi connectivity index (χ2n) is 10.1. The molecular formula is C29H32N4O3S. The van der Waals surface area contributed by atoms with E-state index < -0.39 is 15.9 Å². The van der Waals surface area contributed by atoms with Gasteiger partial charge in [0.15, 0.2) is 0 Å². The molecule has 2 heterocycles. The van der Waals surface area contributed by atoms with Gasteiger partial charge in [-0.2, -0.15) is 0 Å². The van der Waals surface area contributed by atoms with Crippen LogP contribution in [0.25, 0.3) is 0 Å². The van der Waals surface area contributed by atoms with Gasteiger partial charge < -0.3 is 5.32 Å². The van der Waals surface area contributed by atoms with Gasteiger partial charge in [-0.25, -0.2) is 8.42 Å². The third kappa shape index (κ3) is 6.09. The number of piperidine rings is 1. The molecule has 1 saturated heterocycles. The summed E-state index contributed by atoms with van der Waals surface area (Å²) in [6, 6.07) is 22.9. The first-order valence-corrected chi connectivity index (χ1v) is 14.5. The van der Waals surface area contributed by atoms with E-state index in [1.165, 1.54) is 18.4 Å². The number of sulfonamides is 1. The summed E-state index contributed by atoms with van der Waals surface area (Å²) in [5, 5.41) is 2.93. The maximum atomic E-state index is 13.2. The van der Waals surface area contributed by atoms with E-state index in [0.29, 0.717) is 22.6 Å². The minimum absolute atomic E-state index is 0.190. The van der Waals surface area contributed by atoms with Crippen LogP contribution in [0.15, 0.2) is 77.8 Å². The molecule has 2 aliphatic rings. The molecule has 3 aromatic rings. The predicted octanol–water partition coefficient (Wildman–Crippen LogP) is 5.15. The number of nitrogens with zero attached hydrogens (tertiary/aromatic N) is 2. The highest BCUT2D eigenvalue weighted by Crippen LogP contribution is 2.38. The highest BCUT2D eigenvalue weighted by Gasteiger charge is 2.35. The largest absolute Gasteiger partial charge is 0.325 e. The van der Waals surface area contributed by atoms with Crippen molar-refractivity contribution in [3.05, 3.63) is 89.5 Å². The van der Waals surface area contributed by atoms with Crippen molar-refractivity contribution in [2.45, 2.75) is 32.2 Å². The lowest BCUT2D eigenvalue weighted by Crippen LogP contribution is -2.32. The number of hydrogen-bond donors (Lipinski definition) is 2. The van der Waals surface area contributed by atoms with Crippen molar-refractivity contribution in [2.75, 3.05) is 29.4 Å². The molecule has 0 bridgehead atoms. The Hall–Kier alpha value is -3.49. The molecule has 1 fully saturated rings. The van der Waals surface area contributed by atoms with Crippen molar-refractivity contribution in [2.24, 2.45) is 10.9 Å². The topological polar surface area (TPSA) is 90.9 Å². The van der Waals surface area contributed by atoms with Crippen LogP contribution in [0.4, 0.5) is 17.1 Å². The average Bonchev–Trinajstić information content (AvgIpc) is 3.19. The van der Waals surface area contributed by atoms with E-state index in [1.807, 2.05) is 42.5 Å². The molecule has 0 aliphatic carbocycles. The van der Waals surface area contributed by atoms with Crippen molar-refractivity contribution in [1.29, 1.82) is 0 Å². The smallest absolute Gasteiger partial charge is 0.238 e. The van der Waals surface area contributed by atoms with Crippen LogP contribution < -0.4 is 10.0 Å². The Morgan fingerprint density at radius 1 is 1.03 bits per heavy atom. The second kappa shape index (κ2) is 10.5. The second-order valence-corrected chi connectivity index (χ2v) is 11.8. The fourth-order valence-electron chi connectivity index (χ4n) is 5.01. The van der Waals surface area contributed by atoms with Gasteiger partial charge in [0.2, 0.25) is 15.9 Å². The van der Waals surface area contributed by atoms with Gasteiger partial charge in [0.1, 0.15) is 5.92 Å². The maximum Gasteiger partial charge on any atom is 0.238 e. The van der Waals surface area contributed by atoms with E-state index in [1.54, 1.807) is 18.2 Å². The minimum atomic E-state index is -3.45. The lowest BCUT2D eigenvalue weighted by Gasteiger charge is -2.30. The van der Waals surface area contributed by atoms with E-state index in [4.69, 9.17) is 4.99 Å². The summed E-state index contributed by atoms with van der Waals surface area (Å²) < 4.78 is 26.1. The van der Waals surface area contributed by atoms with Crippen LogP contribution in [0.1, 0.15) is 42.4 Å². The molecule has 0 spiro atoms. The molecule has 8 heteroatoms. The number of anilines is 2. The number of aliphatic imine (C=N–C) groups is 1. The Labute approximate surface area is 218 Å². The van der Waals surface area contributed by atoms with Gasteiger partial charge in [-0.05, 0) is 78.9 Å². The third-order valence-electron chi connectivity index (χ3n) is 7.00. The monoisotopic (exact) mass is 516 g/mol. The molecule has 3 aromatic carbocycles. The zero-order chi connectivity index (χ0) is 26.0. The van der Waals surface area contributed by atoms with Crippen LogP contribution in [0, 0.1) is 5.92 Å². The first-order valence-electron chi connectivity index (χ1n) is 12.6. The summed E-state index contributed by atoms with van der Waals surface area (Å²) in [5.41, 5.74) is 5.22. The SMILES string of the molecule is CC1CCN(Cc2ccc(N=C(c3ccccc3)C3C(=O)Nc4ccc(NS(C)(=O)=O)cc43)cc2)CC1. The summed E-state index contributed by atoms with van der Waals surface area (Å²) >= 11 is 0. The maximum absolute atomic E-state index is 13.2. The summed E-state index contributed by atoms with van der Waals surface area (Å²) in [6.07, 6.45) is 3.59. The van der Waals surface area contributed by atoms with Crippen LogP contribution in [0.5, 0.6) is 0 Å². The van der Waals surface area contributed by atoms with Gasteiger partial charge in [0.25, 0.3) is 0 Å². The molecule has 5 rings (SSSR count). The number of benzene rings is 3. The molecule has 0 aromatic heterocycles. The molecule has 37 heavy (non-hydrogen) atoms. The number of amides is 1. The molecular weight excluding hydrogens is 484 g/mol. The normalized spacial score (nSPS) is 18.9. The van der Waals surface area contributed by atoms with Crippen molar-refractivity contribution < 1.29 is 13.2 Å². The summed E-state index contributed by atoms with van der Waals surface area (Å²) in [6.45, 7) is 5.51. The van der Waals surface area contributed by atoms with E-state index in [2.05, 4.69) is 34.0 Å². The van der Waals surface area contributed by atoms with Crippen molar-refractivity contribution in [3.8, 4) is 0 Å². The zero-order valence-corrected chi connectivity index (χ0v) is 22.0. The summed E-state index contributed by atoms with van der Waals surface area (Å²) in [5.74, 6) is -0.0562. The number of fused-ring (bicyclic) bond motifs is 1. The number of carbonyl (C=O) groups is 1. The quantitative estimate of drug-likeness (QED) is 0.425. The number of carbonyl (C=O) groups excluding carboxylic acids is 1. The zero-order valence-electron chi connectivity index (χ0n) is 21.1. The molecule has 0 saturated carbocycles. The van der Waals surface area contributed by atoms with Gasteiger partial charge in [-0.15, -0.1) is 0 Å². The van der Waals surface area contributed by atoms with Crippen LogP contribution >= 0.6 is 0 Å². The highest BCUT2D eigenvalue weighted by molar-refractivity contribution is 7.92. The molecule has 1 amide bonds. The predicted molar refractivity (Wildman–Crippen MR) is 149 cm³/mol. The first-order chi connectivity index (χ1) is 17.7. The Morgan fingerprint density at radius 2 is 1.73 bits per heavy atom. The highest BCUT2D eigenvalue weighted by atomic mass is 32.2. The average molecular weight is 517 g/mol. The van der Waals surface area contributed by atoms with E-state index in [9.17, 15) is 13.2 Å². The molecule has 2 aliphatic heterocycles. The summed E-state index contributed by atoms with van der Waals surface area (Å²) in [4.78, 5) is 20.7. The third-order valence-corrected chi connectivity index (χ3v) is 7.60. The van der Waals surface area contributed by atoms with Gasteiger partial charge >= 0.3 is 0 Å². The van der Waals surface area contributed by atoms with Gasteiger partial charge in [0, 0.05) is 17.9 Å². The van der Waals surface area contributed by atoms with Gasteiger partial charge in [0.05, 0.1) is 17.7 Å². The van der Waals surface area contributed by atoms with E-state index in [0.717, 1.165) is 43.1 Å². The van der Waals surface area contributed by atoms with E-state index >= 15 is 0 Å². The number of rotatable bonds is 7. The van der Waals surface area contributed by atoms with Crippen LogP contribution in [-0.2, 0) is 21.4 Å². The minimum Gasteiger partial charge on any atom is -0.325 e.